The smallest absolute Gasteiger partial charge is 0.343 e. The van der Waals surface area contributed by atoms with E-state index in [9.17, 15) is 27.6 Å². The Morgan fingerprint density at radius 2 is 1.86 bits per heavy atom. The van der Waals surface area contributed by atoms with E-state index in [0.29, 0.717) is 5.56 Å². The summed E-state index contributed by atoms with van der Waals surface area (Å²) in [7, 11) is 0. The van der Waals surface area contributed by atoms with Crippen LogP contribution in [0.4, 0.5) is 18.0 Å². The number of alkyl halides is 3. The summed E-state index contributed by atoms with van der Waals surface area (Å²) in [6.07, 6.45) is -4.47. The molecular weight excluding hydrogens is 303 g/mol. The molecule has 0 spiro atoms. The van der Waals surface area contributed by atoms with Gasteiger partial charge in [-0.15, -0.1) is 0 Å². The lowest BCUT2D eigenvalue weighted by Crippen LogP contribution is -2.33. The van der Waals surface area contributed by atoms with E-state index in [1.165, 1.54) is 24.3 Å². The van der Waals surface area contributed by atoms with Gasteiger partial charge < -0.3 is 10.6 Å². The first-order chi connectivity index (χ1) is 10.3. The molecule has 22 heavy (non-hydrogen) atoms. The number of nitrogens with zero attached hydrogens (tertiary/aromatic N) is 1. The van der Waals surface area contributed by atoms with Gasteiger partial charge in [0.15, 0.2) is 0 Å². The number of urea groups is 1. The molecule has 0 radical (unpaired) electrons. The summed E-state index contributed by atoms with van der Waals surface area (Å²) in [4.78, 5) is 35.3. The van der Waals surface area contributed by atoms with E-state index in [2.05, 4.69) is 5.32 Å². The summed E-state index contributed by atoms with van der Waals surface area (Å²) in [5.41, 5.74) is 0.642. The molecule has 0 atom stereocenters. The van der Waals surface area contributed by atoms with Crippen LogP contribution in [0.2, 0.25) is 0 Å². The highest BCUT2D eigenvalue weighted by atomic mass is 19.4. The van der Waals surface area contributed by atoms with Crippen molar-refractivity contribution >= 4 is 17.8 Å². The Morgan fingerprint density at radius 1 is 1.23 bits per heavy atom. The lowest BCUT2D eigenvalue weighted by atomic mass is 10.1. The molecular formula is C13H12F3N3O3. The minimum atomic E-state index is -4.47. The number of benzene rings is 1. The van der Waals surface area contributed by atoms with Gasteiger partial charge in [-0.05, 0) is 17.7 Å². The summed E-state index contributed by atoms with van der Waals surface area (Å²) < 4.78 is 36.0. The van der Waals surface area contributed by atoms with Crippen LogP contribution in [0.25, 0.3) is 0 Å². The molecule has 0 saturated carbocycles. The number of hydrogen-bond acceptors (Lipinski definition) is 3. The first-order valence-electron chi connectivity index (χ1n) is 6.28. The minimum Gasteiger partial charge on any atom is -0.343 e. The zero-order valence-electron chi connectivity index (χ0n) is 11.2. The Bertz CT molecular complexity index is 583. The standard InChI is InChI=1S/C13H12F3N3O3/c14-13(15,16)7-18-11(21)9-3-1-8(2-4-9)6-19-10(20)5-17-12(19)22/h1-4H,5-7H2,(H,17,22)(H,18,21). The fourth-order valence-corrected chi connectivity index (χ4v) is 1.84. The SMILES string of the molecule is O=C(NCC(F)(F)F)c1ccc(CN2C(=O)CNC2=O)cc1. The Morgan fingerprint density at radius 3 is 2.36 bits per heavy atom. The molecule has 1 aromatic rings. The molecule has 0 aliphatic carbocycles. The number of carbonyl (C=O) groups excluding carboxylic acids is 3. The molecule has 6 nitrogen and oxygen atoms in total. The summed E-state index contributed by atoms with van der Waals surface area (Å²) in [5, 5.41) is 4.12. The van der Waals surface area contributed by atoms with Crippen LogP contribution < -0.4 is 10.6 Å². The quantitative estimate of drug-likeness (QED) is 0.815. The van der Waals surface area contributed by atoms with Crippen molar-refractivity contribution in [3.8, 4) is 0 Å². The molecule has 1 aliphatic rings. The van der Waals surface area contributed by atoms with Crippen molar-refractivity contribution in [2.24, 2.45) is 0 Å². The second-order valence-electron chi connectivity index (χ2n) is 4.63. The maximum Gasteiger partial charge on any atom is 0.405 e. The second kappa shape index (κ2) is 6.04. The van der Waals surface area contributed by atoms with Crippen LogP contribution in [-0.2, 0) is 11.3 Å². The van der Waals surface area contributed by atoms with Gasteiger partial charge in [-0.3, -0.25) is 14.5 Å². The number of hydrogen-bond donors (Lipinski definition) is 2. The summed E-state index contributed by atoms with van der Waals surface area (Å²) in [5.74, 6) is -1.21. The molecule has 1 heterocycles. The zero-order chi connectivity index (χ0) is 16.3. The third-order valence-corrected chi connectivity index (χ3v) is 2.94. The van der Waals surface area contributed by atoms with E-state index in [-0.39, 0.29) is 24.6 Å². The van der Waals surface area contributed by atoms with Crippen LogP contribution in [0.3, 0.4) is 0 Å². The Hall–Kier alpha value is -2.58. The average Bonchev–Trinajstić information content (AvgIpc) is 2.77. The molecule has 1 fully saturated rings. The van der Waals surface area contributed by atoms with Crippen molar-refractivity contribution in [2.45, 2.75) is 12.7 Å². The summed E-state index contributed by atoms with van der Waals surface area (Å²) >= 11 is 0. The maximum absolute atomic E-state index is 12.0. The Labute approximate surface area is 123 Å². The first-order valence-corrected chi connectivity index (χ1v) is 6.28. The second-order valence-corrected chi connectivity index (χ2v) is 4.63. The number of nitrogens with one attached hydrogen (secondary N) is 2. The molecule has 2 N–H and O–H groups in total. The van der Waals surface area contributed by atoms with Gasteiger partial charge in [-0.25, -0.2) is 4.79 Å². The van der Waals surface area contributed by atoms with Crippen molar-refractivity contribution in [3.05, 3.63) is 35.4 Å². The highest BCUT2D eigenvalue weighted by molar-refractivity contribution is 6.01. The highest BCUT2D eigenvalue weighted by Gasteiger charge is 2.29. The predicted octanol–water partition coefficient (Wildman–Crippen LogP) is 1.03. The normalized spacial score (nSPS) is 15.0. The fraction of sp³-hybridized carbons (Fsp3) is 0.308. The van der Waals surface area contributed by atoms with E-state index < -0.39 is 24.7 Å². The van der Waals surface area contributed by atoms with Gasteiger partial charge in [0.25, 0.3) is 5.91 Å². The average molecular weight is 315 g/mol. The van der Waals surface area contributed by atoms with Crippen LogP contribution in [0, 0.1) is 0 Å². The molecule has 1 aliphatic heterocycles. The van der Waals surface area contributed by atoms with Gasteiger partial charge in [0.2, 0.25) is 5.91 Å². The van der Waals surface area contributed by atoms with Crippen molar-refractivity contribution in [2.75, 3.05) is 13.1 Å². The van der Waals surface area contributed by atoms with E-state index in [1.807, 2.05) is 0 Å². The summed E-state index contributed by atoms with van der Waals surface area (Å²) in [6.45, 7) is -1.43. The third-order valence-electron chi connectivity index (χ3n) is 2.94. The van der Waals surface area contributed by atoms with E-state index in [4.69, 9.17) is 0 Å². The van der Waals surface area contributed by atoms with E-state index >= 15 is 0 Å². The molecule has 4 amide bonds. The van der Waals surface area contributed by atoms with Gasteiger partial charge in [-0.1, -0.05) is 12.1 Å². The number of halogens is 3. The van der Waals surface area contributed by atoms with Gasteiger partial charge >= 0.3 is 12.2 Å². The van der Waals surface area contributed by atoms with E-state index in [1.54, 1.807) is 5.32 Å². The third kappa shape index (κ3) is 3.96. The van der Waals surface area contributed by atoms with Crippen LogP contribution in [0.5, 0.6) is 0 Å². The molecule has 0 bridgehead atoms. The molecule has 118 valence electrons. The molecule has 9 heteroatoms. The Kier molecular flexibility index (Phi) is 4.34. The van der Waals surface area contributed by atoms with Crippen LogP contribution in [-0.4, -0.2) is 42.0 Å². The van der Waals surface area contributed by atoms with Gasteiger partial charge in [-0.2, -0.15) is 13.2 Å². The summed E-state index contributed by atoms with van der Waals surface area (Å²) in [6, 6.07) is 5.11. The molecule has 1 aromatic carbocycles. The lowest BCUT2D eigenvalue weighted by Gasteiger charge is -2.13. The van der Waals surface area contributed by atoms with Gasteiger partial charge in [0, 0.05) is 5.56 Å². The van der Waals surface area contributed by atoms with Crippen molar-refractivity contribution in [1.82, 2.24) is 15.5 Å². The zero-order valence-corrected chi connectivity index (χ0v) is 11.2. The van der Waals surface area contributed by atoms with Crippen LogP contribution >= 0.6 is 0 Å². The van der Waals surface area contributed by atoms with Crippen LogP contribution in [0.1, 0.15) is 15.9 Å². The van der Waals surface area contributed by atoms with Crippen LogP contribution in [0.15, 0.2) is 24.3 Å². The molecule has 0 unspecified atom stereocenters. The Balaban J connectivity index is 1.97. The number of amides is 4. The lowest BCUT2D eigenvalue weighted by molar-refractivity contribution is -0.125. The predicted molar refractivity (Wildman–Crippen MR) is 68.8 cm³/mol. The fourth-order valence-electron chi connectivity index (χ4n) is 1.84. The number of imide groups is 1. The van der Waals surface area contributed by atoms with Crippen molar-refractivity contribution < 1.29 is 27.6 Å². The maximum atomic E-state index is 12.0. The highest BCUT2D eigenvalue weighted by Crippen LogP contribution is 2.13. The van der Waals surface area contributed by atoms with Crippen molar-refractivity contribution in [3.63, 3.8) is 0 Å². The molecule has 0 aromatic heterocycles. The number of carbonyl (C=O) groups is 3. The largest absolute Gasteiger partial charge is 0.405 e. The van der Waals surface area contributed by atoms with E-state index in [0.717, 1.165) is 4.90 Å². The van der Waals surface area contributed by atoms with Gasteiger partial charge in [0.05, 0.1) is 13.1 Å². The minimum absolute atomic E-state index is 0.0368. The number of rotatable bonds is 4. The monoisotopic (exact) mass is 315 g/mol. The van der Waals surface area contributed by atoms with Gasteiger partial charge in [0.1, 0.15) is 6.54 Å². The molecule has 1 saturated heterocycles. The first kappa shape index (κ1) is 15.8. The molecule has 2 rings (SSSR count). The topological polar surface area (TPSA) is 78.5 Å². The van der Waals surface area contributed by atoms with Crippen molar-refractivity contribution in [1.29, 1.82) is 0 Å².